The molecule has 3 rings (SSSR count). The summed E-state index contributed by atoms with van der Waals surface area (Å²) in [7, 11) is 0. The summed E-state index contributed by atoms with van der Waals surface area (Å²) in [6.07, 6.45) is 18.5. The highest BCUT2D eigenvalue weighted by molar-refractivity contribution is 8.07. The molecule has 0 heterocycles. The third-order valence-electron chi connectivity index (χ3n) is 6.77. The van der Waals surface area contributed by atoms with Gasteiger partial charge >= 0.3 is 0 Å². The molecule has 2 aliphatic rings. The van der Waals surface area contributed by atoms with Crippen LogP contribution in [0.25, 0.3) is 0 Å². The Morgan fingerprint density at radius 3 is 2.00 bits per heavy atom. The van der Waals surface area contributed by atoms with Crippen LogP contribution in [0.1, 0.15) is 73.8 Å². The van der Waals surface area contributed by atoms with E-state index in [1.54, 1.807) is 0 Å². The van der Waals surface area contributed by atoms with Gasteiger partial charge in [-0.1, -0.05) is 134 Å². The van der Waals surface area contributed by atoms with E-state index in [9.17, 15) is 0 Å². The summed E-state index contributed by atoms with van der Waals surface area (Å²) in [6, 6.07) is 10.5. The van der Waals surface area contributed by atoms with Crippen molar-refractivity contribution in [3.63, 3.8) is 0 Å². The lowest BCUT2D eigenvalue weighted by Crippen LogP contribution is -1.85. The first-order valence-electron chi connectivity index (χ1n) is 13.2. The van der Waals surface area contributed by atoms with Crippen LogP contribution in [0.4, 0.5) is 0 Å². The molecule has 0 aromatic heterocycles. The van der Waals surface area contributed by atoms with Gasteiger partial charge in [-0.25, -0.2) is 0 Å². The lowest BCUT2D eigenvalue weighted by molar-refractivity contribution is 0.895. The Hall–Kier alpha value is -2.51. The average molecular weight is 501 g/mol. The summed E-state index contributed by atoms with van der Waals surface area (Å²) >= 11 is 1.82. The minimum Gasteiger partial charge on any atom is -0.0991 e. The molecule has 0 spiro atoms. The lowest BCUT2D eigenvalue weighted by Gasteiger charge is -2.08. The van der Waals surface area contributed by atoms with E-state index in [0.29, 0.717) is 11.8 Å². The molecular formula is C35H48S. The van der Waals surface area contributed by atoms with E-state index in [4.69, 9.17) is 0 Å². The lowest BCUT2D eigenvalue weighted by atomic mass is 10.0. The van der Waals surface area contributed by atoms with Crippen LogP contribution in [0.15, 0.2) is 124 Å². The van der Waals surface area contributed by atoms with Gasteiger partial charge in [0.2, 0.25) is 0 Å². The van der Waals surface area contributed by atoms with Crippen molar-refractivity contribution in [2.75, 3.05) is 0 Å². The maximum absolute atomic E-state index is 4.30. The zero-order chi connectivity index (χ0) is 27.1. The van der Waals surface area contributed by atoms with Crippen molar-refractivity contribution in [2.24, 2.45) is 11.8 Å². The van der Waals surface area contributed by atoms with Crippen LogP contribution < -0.4 is 0 Å². The van der Waals surface area contributed by atoms with Gasteiger partial charge in [0, 0.05) is 10.8 Å². The molecule has 0 saturated heterocycles. The van der Waals surface area contributed by atoms with Gasteiger partial charge in [-0.2, -0.15) is 0 Å². The van der Waals surface area contributed by atoms with E-state index in [1.165, 1.54) is 56.1 Å². The fourth-order valence-electron chi connectivity index (χ4n) is 4.11. The number of allylic oxidation sites excluding steroid dienone is 13. The normalized spacial score (nSPS) is 20.8. The Balaban J connectivity index is 0.000000328. The van der Waals surface area contributed by atoms with Gasteiger partial charge in [0.25, 0.3) is 0 Å². The molecule has 1 fully saturated rings. The van der Waals surface area contributed by atoms with Crippen LogP contribution in [-0.2, 0) is 6.42 Å². The smallest absolute Gasteiger partial charge is 0.0178 e. The summed E-state index contributed by atoms with van der Waals surface area (Å²) < 4.78 is 0. The minimum absolute atomic E-state index is 0.522. The van der Waals surface area contributed by atoms with E-state index in [1.807, 2.05) is 30.0 Å². The SMILES string of the molecule is C=C/C=C\C(C)=C1/C(C)C1C(=C)SC(=C\C)/C(C)=C/C.CC1=CCCC=C1C.CCc1ccccc1. The number of rotatable bonds is 7. The molecule has 1 aromatic rings. The number of benzene rings is 1. The van der Waals surface area contributed by atoms with E-state index in [2.05, 4.69) is 123 Å². The first-order chi connectivity index (χ1) is 17.2. The van der Waals surface area contributed by atoms with E-state index in [-0.39, 0.29) is 0 Å². The zero-order valence-electron chi connectivity index (χ0n) is 24.0. The van der Waals surface area contributed by atoms with E-state index < -0.39 is 0 Å². The summed E-state index contributed by atoms with van der Waals surface area (Å²) in [5.74, 6) is 1.14. The molecule has 36 heavy (non-hydrogen) atoms. The van der Waals surface area contributed by atoms with Gasteiger partial charge in [-0.15, -0.1) is 0 Å². The van der Waals surface area contributed by atoms with Gasteiger partial charge in [-0.05, 0) is 82.8 Å². The molecule has 0 bridgehead atoms. The van der Waals surface area contributed by atoms with Crippen molar-refractivity contribution >= 4 is 11.8 Å². The van der Waals surface area contributed by atoms with Gasteiger partial charge in [0.15, 0.2) is 0 Å². The van der Waals surface area contributed by atoms with Gasteiger partial charge < -0.3 is 0 Å². The molecule has 194 valence electrons. The van der Waals surface area contributed by atoms with Crippen LogP contribution in [0.5, 0.6) is 0 Å². The maximum atomic E-state index is 4.30. The molecular weight excluding hydrogens is 452 g/mol. The average Bonchev–Trinajstić information content (AvgIpc) is 3.59. The fourth-order valence-corrected chi connectivity index (χ4v) is 5.25. The molecule has 1 saturated carbocycles. The fraction of sp³-hybridized carbons (Fsp3) is 0.371. The second kappa shape index (κ2) is 17.0. The van der Waals surface area contributed by atoms with Crippen molar-refractivity contribution in [3.8, 4) is 0 Å². The summed E-state index contributed by atoms with van der Waals surface area (Å²) in [5, 5.41) is 0. The monoisotopic (exact) mass is 500 g/mol. The van der Waals surface area contributed by atoms with Crippen molar-refractivity contribution in [1.29, 1.82) is 0 Å². The van der Waals surface area contributed by atoms with Crippen molar-refractivity contribution in [1.82, 2.24) is 0 Å². The summed E-state index contributed by atoms with van der Waals surface area (Å²) in [5.41, 5.74) is 8.52. The Bertz CT molecular complexity index is 1020. The zero-order valence-corrected chi connectivity index (χ0v) is 24.8. The van der Waals surface area contributed by atoms with E-state index in [0.717, 1.165) is 6.42 Å². The molecule has 0 nitrogen and oxygen atoms in total. The highest BCUT2D eigenvalue weighted by atomic mass is 32.2. The Labute approximate surface area is 227 Å². The second-order valence-corrected chi connectivity index (χ2v) is 10.6. The number of hydrogen-bond donors (Lipinski definition) is 0. The Morgan fingerprint density at radius 1 is 1.00 bits per heavy atom. The maximum Gasteiger partial charge on any atom is 0.0178 e. The molecule has 2 atom stereocenters. The number of thioether (sulfide) groups is 1. The number of aryl methyl sites for hydroxylation is 1. The molecule has 1 heteroatoms. The Kier molecular flexibility index (Phi) is 14.9. The first-order valence-corrected chi connectivity index (χ1v) is 14.1. The van der Waals surface area contributed by atoms with Gasteiger partial charge in [-0.3, -0.25) is 0 Å². The quantitative estimate of drug-likeness (QED) is 0.335. The molecule has 0 radical (unpaired) electrons. The van der Waals surface area contributed by atoms with Crippen LogP contribution in [0.3, 0.4) is 0 Å². The molecule has 0 amide bonds. The third kappa shape index (κ3) is 10.6. The Morgan fingerprint density at radius 2 is 1.58 bits per heavy atom. The third-order valence-corrected chi connectivity index (χ3v) is 8.06. The number of hydrogen-bond acceptors (Lipinski definition) is 1. The second-order valence-electron chi connectivity index (χ2n) is 9.38. The predicted octanol–water partition coefficient (Wildman–Crippen LogP) is 11.3. The van der Waals surface area contributed by atoms with Crippen LogP contribution in [-0.4, -0.2) is 0 Å². The standard InChI is InChI=1S/C19H26S.C8H12.C8H10/c1-8-11-12-14(5)18-15(6)19(18)16(7)20-17(10-3)13(4)9-2;1-7-5-3-4-6-8(7)2;1-2-8-6-4-3-5-7-8/h8-12,15,19H,1,7H2,2-6H3;5-6H,3-4H2,1-2H3;3-7H,2H2,1H3/b12-11-,13-9+,17-10-,18-14+;;. The highest BCUT2D eigenvalue weighted by Gasteiger charge is 2.43. The minimum atomic E-state index is 0.522. The van der Waals surface area contributed by atoms with Crippen LogP contribution >= 0.6 is 11.8 Å². The predicted molar refractivity (Wildman–Crippen MR) is 167 cm³/mol. The van der Waals surface area contributed by atoms with Crippen molar-refractivity contribution in [2.45, 2.75) is 74.7 Å². The molecule has 1 aromatic carbocycles. The molecule has 2 aliphatic carbocycles. The first kappa shape index (κ1) is 31.5. The summed E-state index contributed by atoms with van der Waals surface area (Å²) in [6.45, 7) is 25.3. The molecule has 0 N–H and O–H groups in total. The van der Waals surface area contributed by atoms with Crippen LogP contribution in [0.2, 0.25) is 0 Å². The topological polar surface area (TPSA) is 0 Å². The van der Waals surface area contributed by atoms with Crippen molar-refractivity contribution < 1.29 is 0 Å². The highest BCUT2D eigenvalue weighted by Crippen LogP contribution is 2.55. The van der Waals surface area contributed by atoms with Crippen LogP contribution in [0, 0.1) is 11.8 Å². The molecule has 0 aliphatic heterocycles. The van der Waals surface area contributed by atoms with Gasteiger partial charge in [0.05, 0.1) is 0 Å². The largest absolute Gasteiger partial charge is 0.0991 e. The van der Waals surface area contributed by atoms with Gasteiger partial charge in [0.1, 0.15) is 0 Å². The summed E-state index contributed by atoms with van der Waals surface area (Å²) in [4.78, 5) is 2.57. The molecule has 2 unspecified atom stereocenters. The van der Waals surface area contributed by atoms with E-state index >= 15 is 0 Å². The van der Waals surface area contributed by atoms with Crippen molar-refractivity contribution in [3.05, 3.63) is 129 Å².